The third-order valence-corrected chi connectivity index (χ3v) is 5.50. The maximum absolute atomic E-state index is 12.8. The quantitative estimate of drug-likeness (QED) is 0.747. The summed E-state index contributed by atoms with van der Waals surface area (Å²) in [4.78, 5) is 35.0. The van der Waals surface area contributed by atoms with Gasteiger partial charge in [-0.3, -0.25) is 14.2 Å². The Morgan fingerprint density at radius 1 is 1.30 bits per heavy atom. The SMILES string of the molecule is Cc1ccc(-c2csc(=O)n2CC(=O)N2CCc3cnc(N)nc3C2)cc1. The zero-order valence-corrected chi connectivity index (χ0v) is 15.7. The Balaban J connectivity index is 1.56. The van der Waals surface area contributed by atoms with E-state index in [2.05, 4.69) is 9.97 Å². The minimum Gasteiger partial charge on any atom is -0.368 e. The van der Waals surface area contributed by atoms with Crippen LogP contribution < -0.4 is 10.6 Å². The molecule has 0 radical (unpaired) electrons. The lowest BCUT2D eigenvalue weighted by molar-refractivity contribution is -0.132. The molecule has 0 saturated heterocycles. The fourth-order valence-corrected chi connectivity index (χ4v) is 3.96. The molecule has 1 aliphatic rings. The summed E-state index contributed by atoms with van der Waals surface area (Å²) in [5.74, 6) is 0.102. The number of carbonyl (C=O) groups is 1. The van der Waals surface area contributed by atoms with Crippen molar-refractivity contribution in [3.8, 4) is 11.3 Å². The van der Waals surface area contributed by atoms with E-state index in [1.54, 1.807) is 21.0 Å². The molecule has 3 heterocycles. The molecule has 1 aliphatic heterocycles. The highest BCUT2D eigenvalue weighted by molar-refractivity contribution is 7.07. The number of hydrogen-bond donors (Lipinski definition) is 1. The number of nitrogens with zero attached hydrogens (tertiary/aromatic N) is 4. The van der Waals surface area contributed by atoms with Crippen LogP contribution in [-0.2, 0) is 24.3 Å². The van der Waals surface area contributed by atoms with Crippen molar-refractivity contribution in [2.75, 3.05) is 12.3 Å². The van der Waals surface area contributed by atoms with E-state index in [1.807, 2.05) is 31.2 Å². The first-order valence-electron chi connectivity index (χ1n) is 8.64. The number of benzene rings is 1. The second kappa shape index (κ2) is 6.96. The van der Waals surface area contributed by atoms with Crippen molar-refractivity contribution < 1.29 is 4.79 Å². The molecular formula is C19H19N5O2S. The van der Waals surface area contributed by atoms with E-state index in [0.717, 1.165) is 39.4 Å². The largest absolute Gasteiger partial charge is 0.368 e. The Morgan fingerprint density at radius 3 is 2.85 bits per heavy atom. The van der Waals surface area contributed by atoms with Crippen molar-refractivity contribution in [2.24, 2.45) is 0 Å². The Morgan fingerprint density at radius 2 is 2.07 bits per heavy atom. The molecule has 8 heteroatoms. The van der Waals surface area contributed by atoms with Crippen LogP contribution in [0.1, 0.15) is 16.8 Å². The van der Waals surface area contributed by atoms with Crippen molar-refractivity contribution in [3.05, 3.63) is 62.3 Å². The molecule has 0 unspecified atom stereocenters. The molecule has 27 heavy (non-hydrogen) atoms. The highest BCUT2D eigenvalue weighted by Gasteiger charge is 2.23. The summed E-state index contributed by atoms with van der Waals surface area (Å²) < 4.78 is 1.54. The van der Waals surface area contributed by atoms with E-state index in [-0.39, 0.29) is 23.3 Å². The summed E-state index contributed by atoms with van der Waals surface area (Å²) >= 11 is 1.11. The number of carbonyl (C=O) groups excluding carboxylic acids is 1. The topological polar surface area (TPSA) is 94.1 Å². The van der Waals surface area contributed by atoms with E-state index in [1.165, 1.54) is 0 Å². The number of hydrogen-bond acceptors (Lipinski definition) is 6. The van der Waals surface area contributed by atoms with Crippen LogP contribution in [0.25, 0.3) is 11.3 Å². The zero-order valence-electron chi connectivity index (χ0n) is 14.9. The molecule has 1 aromatic carbocycles. The minimum atomic E-state index is -0.136. The lowest BCUT2D eigenvalue weighted by Crippen LogP contribution is -2.39. The Labute approximate surface area is 160 Å². The summed E-state index contributed by atoms with van der Waals surface area (Å²) in [6, 6.07) is 7.92. The van der Waals surface area contributed by atoms with Gasteiger partial charge in [-0.25, -0.2) is 9.97 Å². The summed E-state index contributed by atoms with van der Waals surface area (Å²) in [5, 5.41) is 1.81. The number of aromatic nitrogens is 3. The van der Waals surface area contributed by atoms with Crippen molar-refractivity contribution in [3.63, 3.8) is 0 Å². The van der Waals surface area contributed by atoms with Gasteiger partial charge in [0.1, 0.15) is 6.54 Å². The summed E-state index contributed by atoms with van der Waals surface area (Å²) in [6.07, 6.45) is 2.41. The van der Waals surface area contributed by atoms with Crippen LogP contribution in [0.2, 0.25) is 0 Å². The van der Waals surface area contributed by atoms with Gasteiger partial charge in [-0.15, -0.1) is 0 Å². The van der Waals surface area contributed by atoms with Crippen LogP contribution in [0.5, 0.6) is 0 Å². The second-order valence-electron chi connectivity index (χ2n) is 6.60. The average Bonchev–Trinajstić information content (AvgIpc) is 3.02. The number of thiazole rings is 1. The normalized spacial score (nSPS) is 13.4. The summed E-state index contributed by atoms with van der Waals surface area (Å²) in [5.41, 5.74) is 10.3. The first kappa shape index (κ1) is 17.4. The standard InChI is InChI=1S/C19H19N5O2S/c1-12-2-4-13(5-3-12)16-11-27-19(26)24(16)10-17(25)23-7-6-14-8-21-18(20)22-15(14)9-23/h2-5,8,11H,6-7,9-10H2,1H3,(H2,20,21,22). The number of nitrogen functional groups attached to an aromatic ring is 1. The van der Waals surface area contributed by atoms with E-state index < -0.39 is 0 Å². The Hall–Kier alpha value is -3.00. The molecule has 7 nitrogen and oxygen atoms in total. The third-order valence-electron chi connectivity index (χ3n) is 4.74. The molecule has 2 N–H and O–H groups in total. The molecule has 138 valence electrons. The maximum Gasteiger partial charge on any atom is 0.308 e. The molecule has 1 amide bonds. The Bertz CT molecular complexity index is 1050. The summed E-state index contributed by atoms with van der Waals surface area (Å²) in [7, 11) is 0. The summed E-state index contributed by atoms with van der Waals surface area (Å²) in [6.45, 7) is 3.00. The molecule has 0 aliphatic carbocycles. The smallest absolute Gasteiger partial charge is 0.308 e. The van der Waals surface area contributed by atoms with Crippen LogP contribution in [0.3, 0.4) is 0 Å². The molecule has 0 spiro atoms. The highest BCUT2D eigenvalue weighted by Crippen LogP contribution is 2.22. The fraction of sp³-hybridized carbons (Fsp3) is 0.263. The first-order valence-corrected chi connectivity index (χ1v) is 9.52. The number of anilines is 1. The van der Waals surface area contributed by atoms with Gasteiger partial charge in [-0.2, -0.15) is 0 Å². The second-order valence-corrected chi connectivity index (χ2v) is 7.43. The van der Waals surface area contributed by atoms with Gasteiger partial charge in [-0.1, -0.05) is 41.2 Å². The van der Waals surface area contributed by atoms with Crippen LogP contribution in [-0.4, -0.2) is 31.9 Å². The fourth-order valence-electron chi connectivity index (χ4n) is 3.20. The van der Waals surface area contributed by atoms with E-state index in [0.29, 0.717) is 19.5 Å². The van der Waals surface area contributed by atoms with E-state index >= 15 is 0 Å². The lowest BCUT2D eigenvalue weighted by Gasteiger charge is -2.28. The predicted molar refractivity (Wildman–Crippen MR) is 104 cm³/mol. The van der Waals surface area contributed by atoms with Crippen molar-refractivity contribution in [1.29, 1.82) is 0 Å². The monoisotopic (exact) mass is 381 g/mol. The molecule has 0 atom stereocenters. The van der Waals surface area contributed by atoms with Crippen LogP contribution in [0.4, 0.5) is 5.95 Å². The van der Waals surface area contributed by atoms with Gasteiger partial charge in [0, 0.05) is 18.1 Å². The minimum absolute atomic E-state index is 0.0153. The molecule has 0 fully saturated rings. The molecule has 4 rings (SSSR count). The van der Waals surface area contributed by atoms with Gasteiger partial charge in [0.2, 0.25) is 11.9 Å². The van der Waals surface area contributed by atoms with Crippen LogP contribution in [0, 0.1) is 6.92 Å². The van der Waals surface area contributed by atoms with Crippen molar-refractivity contribution >= 4 is 23.2 Å². The average molecular weight is 381 g/mol. The van der Waals surface area contributed by atoms with Gasteiger partial charge >= 0.3 is 4.87 Å². The number of amides is 1. The number of fused-ring (bicyclic) bond motifs is 1. The Kier molecular flexibility index (Phi) is 4.49. The first-order chi connectivity index (χ1) is 13.0. The van der Waals surface area contributed by atoms with Crippen molar-refractivity contribution in [2.45, 2.75) is 26.4 Å². The molecule has 0 saturated carbocycles. The van der Waals surface area contributed by atoms with Gasteiger partial charge in [0.05, 0.1) is 17.9 Å². The lowest BCUT2D eigenvalue weighted by atomic mass is 10.1. The van der Waals surface area contributed by atoms with Crippen LogP contribution in [0.15, 0.2) is 40.6 Å². The number of aryl methyl sites for hydroxylation is 1. The maximum atomic E-state index is 12.8. The van der Waals surface area contributed by atoms with Gasteiger partial charge in [0.15, 0.2) is 0 Å². The number of rotatable bonds is 3. The van der Waals surface area contributed by atoms with Crippen LogP contribution >= 0.6 is 11.3 Å². The molecular weight excluding hydrogens is 362 g/mol. The van der Waals surface area contributed by atoms with Crippen molar-refractivity contribution in [1.82, 2.24) is 19.4 Å². The number of nitrogens with two attached hydrogens (primary N) is 1. The van der Waals surface area contributed by atoms with E-state index in [9.17, 15) is 9.59 Å². The van der Waals surface area contributed by atoms with E-state index in [4.69, 9.17) is 5.73 Å². The third kappa shape index (κ3) is 3.48. The molecule has 0 bridgehead atoms. The van der Waals surface area contributed by atoms with Gasteiger partial charge in [0.25, 0.3) is 0 Å². The zero-order chi connectivity index (χ0) is 19.0. The molecule has 2 aromatic heterocycles. The predicted octanol–water partition coefficient (Wildman–Crippen LogP) is 1.84. The highest BCUT2D eigenvalue weighted by atomic mass is 32.1. The van der Waals surface area contributed by atoms with Gasteiger partial charge in [-0.05, 0) is 24.5 Å². The molecule has 3 aromatic rings. The van der Waals surface area contributed by atoms with Gasteiger partial charge < -0.3 is 10.6 Å².